The monoisotopic (exact) mass is 295 g/mol. The minimum atomic E-state index is 0.762. The molecule has 3 rings (SSSR count). The van der Waals surface area contributed by atoms with Crippen LogP contribution in [0, 0.1) is 6.92 Å². The van der Waals surface area contributed by atoms with Crippen molar-refractivity contribution in [3.05, 3.63) is 47.4 Å². The number of ether oxygens (including phenoxy) is 1. The molecular weight excluding hydrogens is 274 g/mol. The molecule has 2 aromatic rings. The molecule has 1 saturated heterocycles. The van der Waals surface area contributed by atoms with E-state index >= 15 is 0 Å². The molecule has 0 atom stereocenters. The van der Waals surface area contributed by atoms with Crippen molar-refractivity contribution in [2.24, 2.45) is 0 Å². The van der Waals surface area contributed by atoms with E-state index in [1.165, 1.54) is 12.8 Å². The minimum Gasteiger partial charge on any atom is -0.497 e. The lowest BCUT2D eigenvalue weighted by Crippen LogP contribution is -2.19. The van der Waals surface area contributed by atoms with Crippen LogP contribution in [0.5, 0.6) is 5.75 Å². The molecule has 1 aliphatic heterocycles. The predicted octanol–water partition coefficient (Wildman–Crippen LogP) is 3.56. The van der Waals surface area contributed by atoms with Crippen molar-refractivity contribution in [2.75, 3.05) is 25.1 Å². The van der Waals surface area contributed by atoms with Gasteiger partial charge in [-0.2, -0.15) is 0 Å². The number of benzene rings is 1. The first-order valence-electron chi connectivity index (χ1n) is 7.67. The Balaban J connectivity index is 1.79. The van der Waals surface area contributed by atoms with Crippen molar-refractivity contribution in [3.63, 3.8) is 0 Å². The normalized spacial score (nSPS) is 14.7. The molecule has 1 aromatic carbocycles. The predicted molar refractivity (Wildman–Crippen MR) is 90.1 cm³/mol. The second-order valence-corrected chi connectivity index (χ2v) is 5.53. The van der Waals surface area contributed by atoms with Gasteiger partial charge in [0.15, 0.2) is 5.82 Å². The maximum Gasteiger partial charge on any atom is 0.154 e. The highest BCUT2D eigenvalue weighted by Gasteiger charge is 2.14. The molecule has 0 aliphatic carbocycles. The van der Waals surface area contributed by atoms with Gasteiger partial charge in [0.1, 0.15) is 11.6 Å². The van der Waals surface area contributed by atoms with E-state index in [9.17, 15) is 0 Å². The van der Waals surface area contributed by atoms with E-state index in [1.807, 2.05) is 43.3 Å². The fraction of sp³-hybridized carbons (Fsp3) is 0.333. The van der Waals surface area contributed by atoms with E-state index in [-0.39, 0.29) is 0 Å². The molecule has 0 unspecified atom stereocenters. The Morgan fingerprint density at radius 2 is 1.77 bits per heavy atom. The highest BCUT2D eigenvalue weighted by atomic mass is 16.5. The number of nitrogens with zero attached hydrogens (tertiary/aromatic N) is 3. The molecule has 0 radical (unpaired) electrons. The fourth-order valence-electron chi connectivity index (χ4n) is 2.64. The molecule has 4 heteroatoms. The van der Waals surface area contributed by atoms with Crippen LogP contribution in [0.3, 0.4) is 0 Å². The fourth-order valence-corrected chi connectivity index (χ4v) is 2.64. The maximum atomic E-state index is 5.17. The Hall–Kier alpha value is -2.36. The summed E-state index contributed by atoms with van der Waals surface area (Å²) in [6.45, 7) is 4.21. The molecule has 1 aromatic heterocycles. The summed E-state index contributed by atoms with van der Waals surface area (Å²) in [5.41, 5.74) is 2.11. The molecule has 1 aliphatic rings. The van der Waals surface area contributed by atoms with Gasteiger partial charge in [0.25, 0.3) is 0 Å². The third kappa shape index (κ3) is 3.45. The van der Waals surface area contributed by atoms with Crippen LogP contribution in [0.2, 0.25) is 0 Å². The summed E-state index contributed by atoms with van der Waals surface area (Å²) < 4.78 is 5.17. The Labute approximate surface area is 131 Å². The van der Waals surface area contributed by atoms with Crippen LogP contribution in [-0.2, 0) is 0 Å². The van der Waals surface area contributed by atoms with Gasteiger partial charge in [-0.1, -0.05) is 18.2 Å². The van der Waals surface area contributed by atoms with E-state index in [0.29, 0.717) is 0 Å². The van der Waals surface area contributed by atoms with Gasteiger partial charge >= 0.3 is 0 Å². The molecule has 0 amide bonds. The maximum absolute atomic E-state index is 5.17. The first-order chi connectivity index (χ1) is 10.7. The average molecular weight is 295 g/mol. The molecule has 0 bridgehead atoms. The van der Waals surface area contributed by atoms with Crippen molar-refractivity contribution in [1.29, 1.82) is 0 Å². The second kappa shape index (κ2) is 6.60. The topological polar surface area (TPSA) is 38.2 Å². The standard InChI is InChI=1S/C18H21N3O/c1-14-13-18(21-11-3-4-12-21)20-17(19-14)10-7-15-5-8-16(22-2)9-6-15/h5-10,13H,3-4,11-12H2,1-2H3/b10-7+. The van der Waals surface area contributed by atoms with Gasteiger partial charge in [-0.05, 0) is 43.5 Å². The number of anilines is 1. The van der Waals surface area contributed by atoms with Crippen LogP contribution in [-0.4, -0.2) is 30.2 Å². The Kier molecular flexibility index (Phi) is 4.37. The molecule has 0 N–H and O–H groups in total. The van der Waals surface area contributed by atoms with Crippen molar-refractivity contribution >= 4 is 18.0 Å². The number of hydrogen-bond acceptors (Lipinski definition) is 4. The number of aromatic nitrogens is 2. The summed E-state index contributed by atoms with van der Waals surface area (Å²) >= 11 is 0. The quantitative estimate of drug-likeness (QED) is 0.864. The summed E-state index contributed by atoms with van der Waals surface area (Å²) in [7, 11) is 1.67. The summed E-state index contributed by atoms with van der Waals surface area (Å²) in [5, 5.41) is 0. The van der Waals surface area contributed by atoms with Gasteiger partial charge in [-0.3, -0.25) is 0 Å². The second-order valence-electron chi connectivity index (χ2n) is 5.53. The summed E-state index contributed by atoms with van der Waals surface area (Å²) in [6, 6.07) is 10.0. The lowest BCUT2D eigenvalue weighted by molar-refractivity contribution is 0.415. The number of hydrogen-bond donors (Lipinski definition) is 0. The molecule has 4 nitrogen and oxygen atoms in total. The van der Waals surface area contributed by atoms with Crippen LogP contribution in [0.4, 0.5) is 5.82 Å². The van der Waals surface area contributed by atoms with Crippen molar-refractivity contribution in [3.8, 4) is 5.75 Å². The largest absolute Gasteiger partial charge is 0.497 e. The van der Waals surface area contributed by atoms with Crippen molar-refractivity contribution < 1.29 is 4.74 Å². The van der Waals surface area contributed by atoms with Crippen molar-refractivity contribution in [1.82, 2.24) is 9.97 Å². The smallest absolute Gasteiger partial charge is 0.154 e. The first kappa shape index (κ1) is 14.6. The Morgan fingerprint density at radius 3 is 2.45 bits per heavy atom. The number of rotatable bonds is 4. The van der Waals surface area contributed by atoms with E-state index < -0.39 is 0 Å². The van der Waals surface area contributed by atoms with E-state index in [1.54, 1.807) is 7.11 Å². The van der Waals surface area contributed by atoms with Gasteiger partial charge in [0.05, 0.1) is 7.11 Å². The average Bonchev–Trinajstić information content (AvgIpc) is 3.07. The van der Waals surface area contributed by atoms with Crippen LogP contribution >= 0.6 is 0 Å². The lowest BCUT2D eigenvalue weighted by atomic mass is 10.2. The highest BCUT2D eigenvalue weighted by molar-refractivity contribution is 5.67. The van der Waals surface area contributed by atoms with Gasteiger partial charge in [0.2, 0.25) is 0 Å². The van der Waals surface area contributed by atoms with Gasteiger partial charge in [-0.15, -0.1) is 0 Å². The van der Waals surface area contributed by atoms with Crippen LogP contribution in [0.15, 0.2) is 30.3 Å². The molecule has 0 spiro atoms. The summed E-state index contributed by atoms with van der Waals surface area (Å²) in [5.74, 6) is 2.66. The van der Waals surface area contributed by atoms with Crippen LogP contribution in [0.25, 0.3) is 12.2 Å². The van der Waals surface area contributed by atoms with E-state index in [4.69, 9.17) is 4.74 Å². The Bertz CT molecular complexity index is 659. The lowest BCUT2D eigenvalue weighted by Gasteiger charge is -2.16. The van der Waals surface area contributed by atoms with Gasteiger partial charge < -0.3 is 9.64 Å². The Morgan fingerprint density at radius 1 is 1.05 bits per heavy atom. The van der Waals surface area contributed by atoms with Crippen molar-refractivity contribution in [2.45, 2.75) is 19.8 Å². The molecule has 2 heterocycles. The molecule has 114 valence electrons. The minimum absolute atomic E-state index is 0.762. The zero-order valence-corrected chi connectivity index (χ0v) is 13.1. The summed E-state index contributed by atoms with van der Waals surface area (Å²) in [6.07, 6.45) is 6.50. The molecule has 0 saturated carbocycles. The van der Waals surface area contributed by atoms with Crippen LogP contribution in [0.1, 0.15) is 29.9 Å². The highest BCUT2D eigenvalue weighted by Crippen LogP contribution is 2.19. The number of methoxy groups -OCH3 is 1. The van der Waals surface area contributed by atoms with Gasteiger partial charge in [-0.25, -0.2) is 9.97 Å². The van der Waals surface area contributed by atoms with Crippen LogP contribution < -0.4 is 9.64 Å². The molecule has 1 fully saturated rings. The third-order valence-corrected chi connectivity index (χ3v) is 3.83. The zero-order valence-electron chi connectivity index (χ0n) is 13.1. The summed E-state index contributed by atoms with van der Waals surface area (Å²) in [4.78, 5) is 11.5. The molecular formula is C18H21N3O. The molecule has 22 heavy (non-hydrogen) atoms. The van der Waals surface area contributed by atoms with Gasteiger partial charge in [0, 0.05) is 24.8 Å². The first-order valence-corrected chi connectivity index (χ1v) is 7.67. The van der Waals surface area contributed by atoms with E-state index in [2.05, 4.69) is 20.9 Å². The zero-order chi connectivity index (χ0) is 15.4. The SMILES string of the molecule is COc1ccc(/C=C/c2nc(C)cc(N3CCCC3)n2)cc1. The van der Waals surface area contributed by atoms with E-state index in [0.717, 1.165) is 41.7 Å². The third-order valence-electron chi connectivity index (χ3n) is 3.83. The number of aryl methyl sites for hydroxylation is 1.